The van der Waals surface area contributed by atoms with Crippen LogP contribution in [0.4, 0.5) is 26.1 Å². The van der Waals surface area contributed by atoms with Crippen molar-refractivity contribution >= 4 is 28.4 Å². The third-order valence-electron chi connectivity index (χ3n) is 5.16. The van der Waals surface area contributed by atoms with Crippen LogP contribution in [0.1, 0.15) is 5.56 Å². The van der Waals surface area contributed by atoms with E-state index in [4.69, 9.17) is 4.74 Å². The number of nitrogens with zero attached hydrogens (tertiary/aromatic N) is 7. The van der Waals surface area contributed by atoms with Crippen molar-refractivity contribution in [1.29, 1.82) is 0 Å². The summed E-state index contributed by atoms with van der Waals surface area (Å²) in [4.78, 5) is 10.6. The average Bonchev–Trinajstić information content (AvgIpc) is 3.37. The zero-order chi connectivity index (χ0) is 21.4. The van der Waals surface area contributed by atoms with Crippen LogP contribution < -0.4 is 10.2 Å². The smallest absolute Gasteiger partial charge is 0.229 e. The molecule has 11 heteroatoms. The first-order valence-electron chi connectivity index (χ1n) is 9.82. The van der Waals surface area contributed by atoms with Gasteiger partial charge in [0.1, 0.15) is 5.82 Å². The Bertz CT molecular complexity index is 1230. The highest BCUT2D eigenvalue weighted by molar-refractivity contribution is 5.75. The number of nitrogens with one attached hydrogen (secondary N) is 1. The fourth-order valence-corrected chi connectivity index (χ4v) is 3.59. The predicted molar refractivity (Wildman–Crippen MR) is 110 cm³/mol. The fraction of sp³-hybridized carbons (Fsp3) is 0.300. The molecule has 4 aromatic rings. The second-order valence-electron chi connectivity index (χ2n) is 7.26. The zero-order valence-electron chi connectivity index (χ0n) is 16.8. The number of halogens is 2. The van der Waals surface area contributed by atoms with Gasteiger partial charge >= 0.3 is 0 Å². The Morgan fingerprint density at radius 1 is 1.10 bits per heavy atom. The standard InChI is InChI=1S/C20H20F2N8O/c1-28-11-14(10-24-28)26-20-23-8-13-9-25-30(19(13)27-20)12-15-16(21)2-3-17(18(15)22)29-4-6-31-7-5-29/h2-3,8-11H,4-7,12H2,1H3,(H,23,26,27). The molecule has 1 fully saturated rings. The molecule has 31 heavy (non-hydrogen) atoms. The van der Waals surface area contributed by atoms with Crippen LogP contribution in [0.3, 0.4) is 0 Å². The highest BCUT2D eigenvalue weighted by atomic mass is 19.1. The maximum atomic E-state index is 15.3. The van der Waals surface area contributed by atoms with Crippen LogP contribution in [0.25, 0.3) is 11.0 Å². The number of rotatable bonds is 5. The molecule has 0 aliphatic carbocycles. The summed E-state index contributed by atoms with van der Waals surface area (Å²) in [5, 5.41) is 12.1. The van der Waals surface area contributed by atoms with E-state index in [-0.39, 0.29) is 12.1 Å². The van der Waals surface area contributed by atoms with E-state index in [0.29, 0.717) is 49.0 Å². The highest BCUT2D eigenvalue weighted by Crippen LogP contribution is 2.27. The highest BCUT2D eigenvalue weighted by Gasteiger charge is 2.21. The maximum absolute atomic E-state index is 15.3. The number of benzene rings is 1. The molecule has 0 bridgehead atoms. The first kappa shape index (κ1) is 19.4. The van der Waals surface area contributed by atoms with Crippen molar-refractivity contribution in [2.24, 2.45) is 7.05 Å². The van der Waals surface area contributed by atoms with Gasteiger partial charge in [0, 0.05) is 38.1 Å². The molecule has 0 amide bonds. The zero-order valence-corrected chi connectivity index (χ0v) is 16.8. The van der Waals surface area contributed by atoms with Gasteiger partial charge in [-0.3, -0.25) is 4.68 Å². The lowest BCUT2D eigenvalue weighted by Gasteiger charge is -2.29. The lowest BCUT2D eigenvalue weighted by Crippen LogP contribution is -2.37. The van der Waals surface area contributed by atoms with E-state index >= 15 is 4.39 Å². The summed E-state index contributed by atoms with van der Waals surface area (Å²) in [6.45, 7) is 2.05. The van der Waals surface area contributed by atoms with Crippen LogP contribution >= 0.6 is 0 Å². The molecule has 3 aromatic heterocycles. The van der Waals surface area contributed by atoms with E-state index < -0.39 is 11.6 Å². The molecule has 1 N–H and O–H groups in total. The minimum Gasteiger partial charge on any atom is -0.378 e. The molecule has 1 aliphatic heterocycles. The summed E-state index contributed by atoms with van der Waals surface area (Å²) in [6, 6.07) is 2.76. The van der Waals surface area contributed by atoms with Crippen LogP contribution in [0.15, 0.2) is 36.9 Å². The van der Waals surface area contributed by atoms with Gasteiger partial charge in [-0.25, -0.2) is 18.4 Å². The second-order valence-corrected chi connectivity index (χ2v) is 7.26. The molecule has 0 atom stereocenters. The van der Waals surface area contributed by atoms with Gasteiger partial charge in [0.2, 0.25) is 5.95 Å². The Balaban J connectivity index is 1.46. The molecule has 9 nitrogen and oxygen atoms in total. The van der Waals surface area contributed by atoms with Crippen molar-refractivity contribution < 1.29 is 13.5 Å². The number of aromatic nitrogens is 6. The molecule has 0 saturated carbocycles. The van der Waals surface area contributed by atoms with Gasteiger partial charge in [-0.1, -0.05) is 0 Å². The molecule has 1 aliphatic rings. The number of ether oxygens (including phenoxy) is 1. The van der Waals surface area contributed by atoms with E-state index in [9.17, 15) is 4.39 Å². The fourth-order valence-electron chi connectivity index (χ4n) is 3.59. The summed E-state index contributed by atoms with van der Waals surface area (Å²) >= 11 is 0. The number of hydrogen-bond donors (Lipinski definition) is 1. The summed E-state index contributed by atoms with van der Waals surface area (Å²) < 4.78 is 38.3. The van der Waals surface area contributed by atoms with Crippen LogP contribution in [0, 0.1) is 11.6 Å². The molecule has 1 saturated heterocycles. The number of anilines is 3. The lowest BCUT2D eigenvalue weighted by atomic mass is 10.1. The summed E-state index contributed by atoms with van der Waals surface area (Å²) in [5.41, 5.74) is 1.50. The second kappa shape index (κ2) is 7.91. The van der Waals surface area contributed by atoms with Crippen LogP contribution in [-0.4, -0.2) is 55.8 Å². The number of morpholine rings is 1. The lowest BCUT2D eigenvalue weighted by molar-refractivity contribution is 0.122. The van der Waals surface area contributed by atoms with E-state index in [1.165, 1.54) is 16.8 Å². The van der Waals surface area contributed by atoms with Crippen molar-refractivity contribution in [1.82, 2.24) is 29.5 Å². The van der Waals surface area contributed by atoms with Crippen molar-refractivity contribution in [3.8, 4) is 0 Å². The summed E-state index contributed by atoms with van der Waals surface area (Å²) in [5.74, 6) is -0.875. The van der Waals surface area contributed by atoms with E-state index in [0.717, 1.165) is 5.69 Å². The van der Waals surface area contributed by atoms with E-state index in [1.807, 2.05) is 4.90 Å². The monoisotopic (exact) mass is 426 g/mol. The van der Waals surface area contributed by atoms with Gasteiger partial charge < -0.3 is 15.0 Å². The topological polar surface area (TPSA) is 85.9 Å². The van der Waals surface area contributed by atoms with Crippen LogP contribution in [-0.2, 0) is 18.3 Å². The van der Waals surface area contributed by atoms with Crippen molar-refractivity contribution in [2.45, 2.75) is 6.54 Å². The SMILES string of the molecule is Cn1cc(Nc2ncc3cnn(Cc4c(F)ccc(N5CCOCC5)c4F)c3n2)cn1. The normalized spacial score (nSPS) is 14.4. The Morgan fingerprint density at radius 3 is 2.71 bits per heavy atom. The largest absolute Gasteiger partial charge is 0.378 e. The molecule has 0 radical (unpaired) electrons. The molecule has 4 heterocycles. The van der Waals surface area contributed by atoms with Crippen molar-refractivity contribution in [3.05, 3.63) is 54.1 Å². The Hall–Kier alpha value is -3.60. The van der Waals surface area contributed by atoms with Crippen LogP contribution in [0.5, 0.6) is 0 Å². The molecule has 160 valence electrons. The minimum absolute atomic E-state index is 0.0608. The minimum atomic E-state index is -0.624. The average molecular weight is 426 g/mol. The van der Waals surface area contributed by atoms with Gasteiger partial charge in [-0.15, -0.1) is 0 Å². The molecule has 5 rings (SSSR count). The van der Waals surface area contributed by atoms with Crippen molar-refractivity contribution in [3.63, 3.8) is 0 Å². The Morgan fingerprint density at radius 2 is 1.94 bits per heavy atom. The van der Waals surface area contributed by atoms with E-state index in [2.05, 4.69) is 25.5 Å². The van der Waals surface area contributed by atoms with Gasteiger partial charge in [0.15, 0.2) is 11.5 Å². The third kappa shape index (κ3) is 3.79. The molecule has 1 aromatic carbocycles. The molecule has 0 spiro atoms. The van der Waals surface area contributed by atoms with Gasteiger partial charge in [0.05, 0.1) is 48.9 Å². The molecule has 0 unspecified atom stereocenters. The summed E-state index contributed by atoms with van der Waals surface area (Å²) in [6.07, 6.45) is 6.62. The Kier molecular flexibility index (Phi) is 4.94. The van der Waals surface area contributed by atoms with Gasteiger partial charge in [-0.2, -0.15) is 15.2 Å². The summed E-state index contributed by atoms with van der Waals surface area (Å²) in [7, 11) is 1.80. The number of fused-ring (bicyclic) bond motifs is 1. The number of hydrogen-bond acceptors (Lipinski definition) is 7. The number of aryl methyl sites for hydroxylation is 1. The van der Waals surface area contributed by atoms with Gasteiger partial charge in [-0.05, 0) is 12.1 Å². The molecular weight excluding hydrogens is 406 g/mol. The molecular formula is C20H20F2N8O. The van der Waals surface area contributed by atoms with Crippen LogP contribution in [0.2, 0.25) is 0 Å². The first-order chi connectivity index (χ1) is 15.1. The first-order valence-corrected chi connectivity index (χ1v) is 9.82. The predicted octanol–water partition coefficient (Wildman–Crippen LogP) is 2.47. The Labute approximate surface area is 176 Å². The quantitative estimate of drug-likeness (QED) is 0.525. The maximum Gasteiger partial charge on any atom is 0.229 e. The van der Waals surface area contributed by atoms with Gasteiger partial charge in [0.25, 0.3) is 0 Å². The third-order valence-corrected chi connectivity index (χ3v) is 5.16. The van der Waals surface area contributed by atoms with Crippen molar-refractivity contribution in [2.75, 3.05) is 36.5 Å². The van der Waals surface area contributed by atoms with E-state index in [1.54, 1.807) is 36.5 Å².